The van der Waals surface area contributed by atoms with E-state index in [9.17, 15) is 9.59 Å². The molecule has 0 aliphatic carbocycles. The second-order valence-electron chi connectivity index (χ2n) is 5.20. The Balaban J connectivity index is 2.02. The van der Waals surface area contributed by atoms with Crippen molar-refractivity contribution >= 4 is 29.1 Å². The number of nitrogens with one attached hydrogen (secondary N) is 1. The van der Waals surface area contributed by atoms with Gasteiger partial charge in [-0.15, -0.1) is 0 Å². The summed E-state index contributed by atoms with van der Waals surface area (Å²) in [6.07, 6.45) is 0. The molecule has 0 unspecified atom stereocenters. The van der Waals surface area contributed by atoms with Crippen LogP contribution in [0.25, 0.3) is 0 Å². The van der Waals surface area contributed by atoms with Crippen LogP contribution in [0.1, 0.15) is 18.1 Å². The zero-order chi connectivity index (χ0) is 16.8. The van der Waals surface area contributed by atoms with Gasteiger partial charge in [0.1, 0.15) is 0 Å². The molecule has 0 fully saturated rings. The maximum Gasteiger partial charge on any atom is 0.316 e. The lowest BCUT2D eigenvalue weighted by Crippen LogP contribution is -2.42. The zero-order valence-electron chi connectivity index (χ0n) is 13.2. The smallest absolute Gasteiger partial charge is 0.316 e. The minimum atomic E-state index is -0.622. The van der Waals surface area contributed by atoms with Gasteiger partial charge in [-0.2, -0.15) is 0 Å². The molecule has 0 aromatic heterocycles. The quantitative estimate of drug-likeness (QED) is 0.874. The summed E-state index contributed by atoms with van der Waals surface area (Å²) in [5, 5.41) is 3.28. The highest BCUT2D eigenvalue weighted by Crippen LogP contribution is 2.16. The fraction of sp³-hybridized carbons (Fsp3) is 0.222. The molecule has 2 aromatic rings. The molecule has 0 aliphatic rings. The van der Waals surface area contributed by atoms with Crippen molar-refractivity contribution in [2.45, 2.75) is 20.4 Å². The van der Waals surface area contributed by atoms with Gasteiger partial charge < -0.3 is 10.2 Å². The molecule has 0 aliphatic heterocycles. The largest absolute Gasteiger partial charge is 0.344 e. The summed E-state index contributed by atoms with van der Waals surface area (Å²) in [6.45, 7) is 4.50. The van der Waals surface area contributed by atoms with Gasteiger partial charge in [-0.05, 0) is 49.2 Å². The fourth-order valence-electron chi connectivity index (χ4n) is 2.22. The van der Waals surface area contributed by atoms with E-state index < -0.39 is 11.8 Å². The number of likely N-dealkylation sites (N-methyl/N-ethyl adjacent to an activating group) is 1. The van der Waals surface area contributed by atoms with Gasteiger partial charge in [-0.1, -0.05) is 35.9 Å². The number of hydrogen-bond acceptors (Lipinski definition) is 2. The first kappa shape index (κ1) is 17.0. The summed E-state index contributed by atoms with van der Waals surface area (Å²) in [5.41, 5.74) is 2.64. The van der Waals surface area contributed by atoms with Crippen LogP contribution in [0.15, 0.2) is 48.5 Å². The summed E-state index contributed by atoms with van der Waals surface area (Å²) in [7, 11) is 0. The van der Waals surface area contributed by atoms with Gasteiger partial charge in [0, 0.05) is 23.8 Å². The normalized spacial score (nSPS) is 10.2. The molecule has 0 spiro atoms. The van der Waals surface area contributed by atoms with Crippen molar-refractivity contribution in [1.29, 1.82) is 0 Å². The summed E-state index contributed by atoms with van der Waals surface area (Å²) in [5.74, 6) is -1.18. The lowest BCUT2D eigenvalue weighted by molar-refractivity contribution is -0.137. The molecule has 1 N–H and O–H groups in total. The SMILES string of the molecule is CCN(C(=O)C(=O)NCc1ccc(Cl)cc1)c1cccc(C)c1. The van der Waals surface area contributed by atoms with E-state index >= 15 is 0 Å². The first-order chi connectivity index (χ1) is 11.0. The lowest BCUT2D eigenvalue weighted by atomic mass is 10.2. The number of carbonyl (C=O) groups is 2. The van der Waals surface area contributed by atoms with Crippen LogP contribution in [0, 0.1) is 6.92 Å². The molecule has 0 saturated carbocycles. The van der Waals surface area contributed by atoms with E-state index in [1.807, 2.05) is 50.2 Å². The second kappa shape index (κ2) is 7.79. The van der Waals surface area contributed by atoms with Crippen molar-refractivity contribution in [3.63, 3.8) is 0 Å². The van der Waals surface area contributed by atoms with Gasteiger partial charge in [0.25, 0.3) is 0 Å². The van der Waals surface area contributed by atoms with Gasteiger partial charge in [0.05, 0.1) is 0 Å². The molecule has 120 valence electrons. The van der Waals surface area contributed by atoms with Gasteiger partial charge in [0.15, 0.2) is 0 Å². The van der Waals surface area contributed by atoms with Crippen LogP contribution in [0.4, 0.5) is 5.69 Å². The third-order valence-corrected chi connectivity index (χ3v) is 3.69. The summed E-state index contributed by atoms with van der Waals surface area (Å²) in [4.78, 5) is 25.9. The molecule has 2 rings (SSSR count). The van der Waals surface area contributed by atoms with Crippen LogP contribution in [-0.2, 0) is 16.1 Å². The average molecular weight is 331 g/mol. The van der Waals surface area contributed by atoms with E-state index in [1.165, 1.54) is 4.90 Å². The van der Waals surface area contributed by atoms with E-state index in [-0.39, 0.29) is 6.54 Å². The molecule has 0 atom stereocenters. The minimum absolute atomic E-state index is 0.285. The van der Waals surface area contributed by atoms with Crippen molar-refractivity contribution in [2.75, 3.05) is 11.4 Å². The second-order valence-corrected chi connectivity index (χ2v) is 5.63. The molecule has 0 saturated heterocycles. The Morgan fingerprint density at radius 1 is 1.13 bits per heavy atom. The summed E-state index contributed by atoms with van der Waals surface area (Å²) < 4.78 is 0. The topological polar surface area (TPSA) is 49.4 Å². The van der Waals surface area contributed by atoms with E-state index in [0.29, 0.717) is 11.6 Å². The number of amides is 2. The van der Waals surface area contributed by atoms with Crippen molar-refractivity contribution in [2.24, 2.45) is 0 Å². The monoisotopic (exact) mass is 330 g/mol. The molecular weight excluding hydrogens is 312 g/mol. The van der Waals surface area contributed by atoms with Crippen molar-refractivity contribution in [3.8, 4) is 0 Å². The van der Waals surface area contributed by atoms with Gasteiger partial charge in [0.2, 0.25) is 0 Å². The van der Waals surface area contributed by atoms with Gasteiger partial charge in [-0.3, -0.25) is 9.59 Å². The van der Waals surface area contributed by atoms with Crippen LogP contribution < -0.4 is 10.2 Å². The third kappa shape index (κ3) is 4.57. The maximum atomic E-state index is 12.4. The van der Waals surface area contributed by atoms with Gasteiger partial charge >= 0.3 is 11.8 Å². The maximum absolute atomic E-state index is 12.4. The van der Waals surface area contributed by atoms with Crippen LogP contribution in [0.3, 0.4) is 0 Å². The highest BCUT2D eigenvalue weighted by atomic mass is 35.5. The van der Waals surface area contributed by atoms with Crippen LogP contribution >= 0.6 is 11.6 Å². The first-order valence-corrected chi connectivity index (χ1v) is 7.80. The molecule has 23 heavy (non-hydrogen) atoms. The number of anilines is 1. The summed E-state index contributed by atoms with van der Waals surface area (Å²) >= 11 is 5.82. The molecule has 2 aromatic carbocycles. The van der Waals surface area contributed by atoms with Gasteiger partial charge in [-0.25, -0.2) is 0 Å². The Morgan fingerprint density at radius 3 is 2.43 bits per heavy atom. The van der Waals surface area contributed by atoms with Crippen molar-refractivity contribution in [1.82, 2.24) is 5.32 Å². The molecule has 0 bridgehead atoms. The molecule has 0 radical (unpaired) electrons. The predicted octanol–water partition coefficient (Wildman–Crippen LogP) is 3.32. The van der Waals surface area contributed by atoms with E-state index in [4.69, 9.17) is 11.6 Å². The number of rotatable bonds is 4. The Morgan fingerprint density at radius 2 is 1.83 bits per heavy atom. The Bertz CT molecular complexity index is 698. The van der Waals surface area contributed by atoms with E-state index in [2.05, 4.69) is 5.32 Å². The number of aryl methyl sites for hydroxylation is 1. The van der Waals surface area contributed by atoms with E-state index in [1.54, 1.807) is 12.1 Å². The van der Waals surface area contributed by atoms with E-state index in [0.717, 1.165) is 16.8 Å². The molecular formula is C18H19ClN2O2. The van der Waals surface area contributed by atoms with Crippen molar-refractivity contribution in [3.05, 3.63) is 64.7 Å². The Kier molecular flexibility index (Phi) is 5.77. The Hall–Kier alpha value is -2.33. The highest BCUT2D eigenvalue weighted by Gasteiger charge is 2.21. The third-order valence-electron chi connectivity index (χ3n) is 3.44. The predicted molar refractivity (Wildman–Crippen MR) is 92.5 cm³/mol. The number of benzene rings is 2. The Labute approximate surface area is 141 Å². The molecule has 5 heteroatoms. The zero-order valence-corrected chi connectivity index (χ0v) is 13.9. The standard InChI is InChI=1S/C18H19ClN2O2/c1-3-21(16-6-4-5-13(2)11-16)18(23)17(22)20-12-14-7-9-15(19)10-8-14/h4-11H,3,12H2,1-2H3,(H,20,22). The first-order valence-electron chi connectivity index (χ1n) is 7.42. The van der Waals surface area contributed by atoms with Crippen molar-refractivity contribution < 1.29 is 9.59 Å². The summed E-state index contributed by atoms with van der Waals surface area (Å²) in [6, 6.07) is 14.6. The number of carbonyl (C=O) groups excluding carboxylic acids is 2. The number of halogens is 1. The lowest BCUT2D eigenvalue weighted by Gasteiger charge is -2.20. The fourth-order valence-corrected chi connectivity index (χ4v) is 2.35. The minimum Gasteiger partial charge on any atom is -0.344 e. The van der Waals surface area contributed by atoms with Crippen LogP contribution in [0.2, 0.25) is 5.02 Å². The number of nitrogens with zero attached hydrogens (tertiary/aromatic N) is 1. The molecule has 4 nitrogen and oxygen atoms in total. The average Bonchev–Trinajstić information content (AvgIpc) is 2.54. The van der Waals surface area contributed by atoms with Crippen LogP contribution in [-0.4, -0.2) is 18.4 Å². The van der Waals surface area contributed by atoms with Crippen LogP contribution in [0.5, 0.6) is 0 Å². The number of hydrogen-bond donors (Lipinski definition) is 1. The highest BCUT2D eigenvalue weighted by molar-refractivity contribution is 6.40. The molecule has 0 heterocycles. The molecule has 2 amide bonds.